The molecule has 0 aromatic carbocycles. The van der Waals surface area contributed by atoms with Gasteiger partial charge in [-0.2, -0.15) is 0 Å². The van der Waals surface area contributed by atoms with E-state index in [2.05, 4.69) is 10.3 Å². The fourth-order valence-corrected chi connectivity index (χ4v) is 0.866. The van der Waals surface area contributed by atoms with E-state index in [0.29, 0.717) is 5.69 Å². The second-order valence-corrected chi connectivity index (χ2v) is 2.56. The molecule has 5 nitrogen and oxygen atoms in total. The van der Waals surface area contributed by atoms with Gasteiger partial charge in [-0.25, -0.2) is 0 Å². The van der Waals surface area contributed by atoms with Crippen LogP contribution in [0.25, 0.3) is 0 Å². The van der Waals surface area contributed by atoms with Gasteiger partial charge in [0, 0.05) is 19.2 Å². The summed E-state index contributed by atoms with van der Waals surface area (Å²) in [5.74, 6) is -0.655. The number of hydrogen-bond donors (Lipinski definition) is 3. The monoisotopic (exact) mass is 181 g/mol. The topological polar surface area (TPSA) is 88.0 Å². The molecular weight excluding hydrogens is 170 g/mol. The molecule has 0 unspecified atom stereocenters. The second kappa shape index (κ2) is 4.30. The van der Waals surface area contributed by atoms with Crippen molar-refractivity contribution >= 4 is 11.8 Å². The smallest absolute Gasteiger partial charge is 0.267 e. The maximum Gasteiger partial charge on any atom is 0.267 e. The Morgan fingerprint density at radius 2 is 2.31 bits per heavy atom. The van der Waals surface area contributed by atoms with Crippen LogP contribution in [-0.4, -0.2) is 23.3 Å². The van der Waals surface area contributed by atoms with Crippen LogP contribution in [-0.2, 0) is 4.79 Å². The Morgan fingerprint density at radius 3 is 2.85 bits per heavy atom. The Hall–Kier alpha value is -1.78. The summed E-state index contributed by atoms with van der Waals surface area (Å²) in [6.45, 7) is 0.271. The van der Waals surface area contributed by atoms with E-state index in [1.807, 2.05) is 0 Å². The molecule has 0 saturated heterocycles. The van der Waals surface area contributed by atoms with Crippen LogP contribution in [0.4, 0.5) is 0 Å². The number of aromatic nitrogens is 1. The fourth-order valence-electron chi connectivity index (χ4n) is 0.866. The van der Waals surface area contributed by atoms with Gasteiger partial charge in [0.15, 0.2) is 0 Å². The lowest BCUT2D eigenvalue weighted by atomic mass is 10.3. The van der Waals surface area contributed by atoms with Crippen LogP contribution < -0.4 is 11.1 Å². The minimum atomic E-state index is -0.424. The van der Waals surface area contributed by atoms with Crippen LogP contribution in [0.3, 0.4) is 0 Å². The van der Waals surface area contributed by atoms with E-state index < -0.39 is 5.91 Å². The molecule has 4 N–H and O–H groups in total. The number of aromatic amines is 1. The van der Waals surface area contributed by atoms with Crippen LogP contribution >= 0.6 is 0 Å². The molecule has 5 heteroatoms. The molecule has 0 aliphatic rings. The third kappa shape index (κ3) is 2.98. The Balaban J connectivity index is 2.31. The van der Waals surface area contributed by atoms with Gasteiger partial charge in [-0.15, -0.1) is 0 Å². The van der Waals surface area contributed by atoms with Crippen molar-refractivity contribution in [3.8, 4) is 0 Å². The molecule has 0 radical (unpaired) electrons. The van der Waals surface area contributed by atoms with Crippen molar-refractivity contribution in [1.82, 2.24) is 10.3 Å². The molecule has 70 valence electrons. The number of hydrogen-bond acceptors (Lipinski definition) is 2. The van der Waals surface area contributed by atoms with Crippen molar-refractivity contribution in [2.45, 2.75) is 6.42 Å². The largest absolute Gasteiger partial charge is 0.370 e. The summed E-state index contributed by atoms with van der Waals surface area (Å²) in [6, 6.07) is 3.38. The van der Waals surface area contributed by atoms with Gasteiger partial charge >= 0.3 is 0 Å². The van der Waals surface area contributed by atoms with Gasteiger partial charge in [0.25, 0.3) is 5.91 Å². The minimum absolute atomic E-state index is 0.159. The SMILES string of the molecule is NC(=O)CCNC(=O)c1ccc[nH]1. The summed E-state index contributed by atoms with van der Waals surface area (Å²) in [5, 5.41) is 2.55. The maximum absolute atomic E-state index is 11.2. The summed E-state index contributed by atoms with van der Waals surface area (Å²) < 4.78 is 0. The first-order valence-electron chi connectivity index (χ1n) is 3.90. The number of rotatable bonds is 4. The van der Waals surface area contributed by atoms with Crippen molar-refractivity contribution in [2.75, 3.05) is 6.54 Å². The summed E-state index contributed by atoms with van der Waals surface area (Å²) >= 11 is 0. The normalized spacial score (nSPS) is 9.54. The molecular formula is C8H11N3O2. The lowest BCUT2D eigenvalue weighted by Gasteiger charge is -2.00. The third-order valence-electron chi connectivity index (χ3n) is 1.50. The average molecular weight is 181 g/mol. The summed E-state index contributed by atoms with van der Waals surface area (Å²) in [4.78, 5) is 24.3. The van der Waals surface area contributed by atoms with Crippen molar-refractivity contribution in [3.63, 3.8) is 0 Å². The zero-order valence-corrected chi connectivity index (χ0v) is 7.04. The quantitative estimate of drug-likeness (QED) is 0.591. The Bertz CT molecular complexity index is 292. The molecule has 2 amide bonds. The minimum Gasteiger partial charge on any atom is -0.370 e. The number of amides is 2. The molecule has 0 aliphatic heterocycles. The number of primary amides is 1. The first-order chi connectivity index (χ1) is 6.20. The molecule has 0 spiro atoms. The van der Waals surface area contributed by atoms with E-state index in [1.54, 1.807) is 18.3 Å². The molecule has 13 heavy (non-hydrogen) atoms. The van der Waals surface area contributed by atoms with Crippen molar-refractivity contribution in [2.24, 2.45) is 5.73 Å². The van der Waals surface area contributed by atoms with Crippen molar-refractivity contribution < 1.29 is 9.59 Å². The summed E-state index contributed by atoms with van der Waals surface area (Å²) in [5.41, 5.74) is 5.38. The van der Waals surface area contributed by atoms with E-state index in [4.69, 9.17) is 5.73 Å². The number of carbonyl (C=O) groups excluding carboxylic acids is 2. The molecule has 1 heterocycles. The Kier molecular flexibility index (Phi) is 3.08. The average Bonchev–Trinajstić information content (AvgIpc) is 2.55. The molecule has 1 rings (SSSR count). The molecule has 1 aromatic rings. The highest BCUT2D eigenvalue weighted by atomic mass is 16.2. The van der Waals surface area contributed by atoms with Crippen LogP contribution in [0.1, 0.15) is 16.9 Å². The van der Waals surface area contributed by atoms with Crippen LogP contribution in [0.2, 0.25) is 0 Å². The number of H-pyrrole nitrogens is 1. The highest BCUT2D eigenvalue weighted by Crippen LogP contribution is 1.93. The number of carbonyl (C=O) groups is 2. The predicted molar refractivity (Wildman–Crippen MR) is 46.9 cm³/mol. The van der Waals surface area contributed by atoms with Crippen LogP contribution in [0.5, 0.6) is 0 Å². The Labute approximate surface area is 75.3 Å². The lowest BCUT2D eigenvalue weighted by molar-refractivity contribution is -0.117. The zero-order valence-electron chi connectivity index (χ0n) is 7.04. The van der Waals surface area contributed by atoms with Crippen LogP contribution in [0, 0.1) is 0 Å². The van der Waals surface area contributed by atoms with Gasteiger partial charge in [0.1, 0.15) is 5.69 Å². The highest BCUT2D eigenvalue weighted by Gasteiger charge is 2.04. The van der Waals surface area contributed by atoms with E-state index in [0.717, 1.165) is 0 Å². The molecule has 0 fully saturated rings. The van der Waals surface area contributed by atoms with Gasteiger partial charge in [-0.3, -0.25) is 9.59 Å². The van der Waals surface area contributed by atoms with Gasteiger partial charge in [-0.05, 0) is 12.1 Å². The fraction of sp³-hybridized carbons (Fsp3) is 0.250. The van der Waals surface area contributed by atoms with Gasteiger partial charge in [0.05, 0.1) is 0 Å². The summed E-state index contributed by atoms with van der Waals surface area (Å²) in [7, 11) is 0. The van der Waals surface area contributed by atoms with E-state index in [9.17, 15) is 9.59 Å². The zero-order chi connectivity index (χ0) is 9.68. The third-order valence-corrected chi connectivity index (χ3v) is 1.50. The first-order valence-corrected chi connectivity index (χ1v) is 3.90. The Morgan fingerprint density at radius 1 is 1.54 bits per heavy atom. The van der Waals surface area contributed by atoms with Crippen molar-refractivity contribution in [1.29, 1.82) is 0 Å². The van der Waals surface area contributed by atoms with Gasteiger partial charge < -0.3 is 16.0 Å². The predicted octanol–water partition coefficient (Wildman–Crippen LogP) is -0.380. The highest BCUT2D eigenvalue weighted by molar-refractivity contribution is 5.92. The first kappa shape index (κ1) is 9.31. The summed E-state index contributed by atoms with van der Waals surface area (Å²) in [6.07, 6.45) is 1.81. The van der Waals surface area contributed by atoms with E-state index >= 15 is 0 Å². The molecule has 1 aromatic heterocycles. The maximum atomic E-state index is 11.2. The molecule has 0 aliphatic carbocycles. The standard InChI is InChI=1S/C8H11N3O2/c9-7(12)3-5-11-8(13)6-2-1-4-10-6/h1-2,4,10H,3,5H2,(H2,9,12)(H,11,13). The number of nitrogens with one attached hydrogen (secondary N) is 2. The van der Waals surface area contributed by atoms with Gasteiger partial charge in [0.2, 0.25) is 5.91 Å². The van der Waals surface area contributed by atoms with Gasteiger partial charge in [-0.1, -0.05) is 0 Å². The lowest BCUT2D eigenvalue weighted by Crippen LogP contribution is -2.27. The van der Waals surface area contributed by atoms with E-state index in [1.165, 1.54) is 0 Å². The molecule has 0 saturated carbocycles. The van der Waals surface area contributed by atoms with Crippen LogP contribution in [0.15, 0.2) is 18.3 Å². The molecule has 0 atom stereocenters. The molecule has 0 bridgehead atoms. The van der Waals surface area contributed by atoms with E-state index in [-0.39, 0.29) is 18.9 Å². The van der Waals surface area contributed by atoms with Crippen molar-refractivity contribution in [3.05, 3.63) is 24.0 Å². The second-order valence-electron chi connectivity index (χ2n) is 2.56. The number of nitrogens with two attached hydrogens (primary N) is 1.